The van der Waals surface area contributed by atoms with Crippen LogP contribution in [0, 0.1) is 6.92 Å². The van der Waals surface area contributed by atoms with Crippen LogP contribution in [-0.2, 0) is 6.42 Å². The van der Waals surface area contributed by atoms with Gasteiger partial charge in [-0.1, -0.05) is 25.1 Å². The van der Waals surface area contributed by atoms with E-state index in [4.69, 9.17) is 4.74 Å². The summed E-state index contributed by atoms with van der Waals surface area (Å²) < 4.78 is 6.10. The molecule has 2 aromatic heterocycles. The van der Waals surface area contributed by atoms with Crippen LogP contribution in [0.25, 0.3) is 11.2 Å². The Labute approximate surface area is 147 Å². The van der Waals surface area contributed by atoms with Gasteiger partial charge in [-0.15, -0.1) is 0 Å². The number of aromatic amines is 1. The smallest absolute Gasteiger partial charge is 0.183 e. The number of rotatable bonds is 5. The van der Waals surface area contributed by atoms with Gasteiger partial charge in [0.25, 0.3) is 0 Å². The zero-order chi connectivity index (χ0) is 17.2. The highest BCUT2D eigenvalue weighted by Gasteiger charge is 2.28. The molecule has 1 aliphatic rings. The van der Waals surface area contributed by atoms with Crippen molar-refractivity contribution in [3.05, 3.63) is 42.0 Å². The standard InChI is InChI=1S/C19H23N5O/c1-3-16-22-17-18(23-16)20-12-21-19(17)24-10-6-8-14(24)11-25-15-9-5-4-7-13(15)2/h4-5,7,9,12,14H,3,6,8,10-11H2,1-2H3,(H,20,21,22,23). The molecule has 0 spiro atoms. The molecule has 1 aliphatic heterocycles. The third kappa shape index (κ3) is 3.04. The number of aromatic nitrogens is 4. The number of fused-ring (bicyclic) bond motifs is 1. The number of H-pyrrole nitrogens is 1. The average Bonchev–Trinajstić information content (AvgIpc) is 3.27. The fourth-order valence-corrected chi connectivity index (χ4v) is 3.44. The molecule has 6 heteroatoms. The summed E-state index contributed by atoms with van der Waals surface area (Å²) in [5.41, 5.74) is 2.84. The number of hydrogen-bond donors (Lipinski definition) is 1. The van der Waals surface area contributed by atoms with Crippen molar-refractivity contribution in [2.24, 2.45) is 0 Å². The predicted molar refractivity (Wildman–Crippen MR) is 98.1 cm³/mol. The molecule has 1 unspecified atom stereocenters. The monoisotopic (exact) mass is 337 g/mol. The van der Waals surface area contributed by atoms with Crippen LogP contribution in [0.4, 0.5) is 5.82 Å². The Morgan fingerprint density at radius 3 is 3.00 bits per heavy atom. The first-order valence-electron chi connectivity index (χ1n) is 8.91. The molecule has 4 rings (SSSR count). The lowest BCUT2D eigenvalue weighted by Gasteiger charge is -2.26. The normalized spacial score (nSPS) is 17.4. The van der Waals surface area contributed by atoms with Gasteiger partial charge in [-0.25, -0.2) is 15.0 Å². The Hall–Kier alpha value is -2.63. The molecular formula is C19H23N5O. The van der Waals surface area contributed by atoms with E-state index in [2.05, 4.69) is 44.7 Å². The van der Waals surface area contributed by atoms with Crippen LogP contribution in [0.1, 0.15) is 31.2 Å². The molecule has 1 atom stereocenters. The van der Waals surface area contributed by atoms with Crippen LogP contribution in [-0.4, -0.2) is 39.1 Å². The summed E-state index contributed by atoms with van der Waals surface area (Å²) in [6.07, 6.45) is 4.71. The number of ether oxygens (including phenoxy) is 1. The second-order valence-electron chi connectivity index (χ2n) is 6.50. The number of para-hydroxylation sites is 1. The molecule has 1 fully saturated rings. The van der Waals surface area contributed by atoms with Gasteiger partial charge in [0.2, 0.25) is 0 Å². The number of anilines is 1. The number of aryl methyl sites for hydroxylation is 2. The zero-order valence-electron chi connectivity index (χ0n) is 14.7. The van der Waals surface area contributed by atoms with Crippen molar-refractivity contribution in [2.75, 3.05) is 18.1 Å². The van der Waals surface area contributed by atoms with E-state index in [9.17, 15) is 0 Å². The number of benzene rings is 1. The summed E-state index contributed by atoms with van der Waals surface area (Å²) in [6, 6.07) is 8.46. The van der Waals surface area contributed by atoms with Crippen LogP contribution in [0.15, 0.2) is 30.6 Å². The second kappa shape index (κ2) is 6.70. The molecule has 1 saturated heterocycles. The number of nitrogens with one attached hydrogen (secondary N) is 1. The molecule has 0 saturated carbocycles. The quantitative estimate of drug-likeness (QED) is 0.774. The summed E-state index contributed by atoms with van der Waals surface area (Å²) in [4.78, 5) is 19.1. The van der Waals surface area contributed by atoms with E-state index in [0.29, 0.717) is 12.6 Å². The Bertz CT molecular complexity index is 875. The summed E-state index contributed by atoms with van der Waals surface area (Å²) in [5, 5.41) is 0. The van der Waals surface area contributed by atoms with Gasteiger partial charge in [-0.05, 0) is 31.4 Å². The van der Waals surface area contributed by atoms with Crippen molar-refractivity contribution in [1.29, 1.82) is 0 Å². The first-order chi connectivity index (χ1) is 12.3. The predicted octanol–water partition coefficient (Wildman–Crippen LogP) is 3.27. The van der Waals surface area contributed by atoms with E-state index < -0.39 is 0 Å². The van der Waals surface area contributed by atoms with Crippen LogP contribution >= 0.6 is 0 Å². The molecular weight excluding hydrogens is 314 g/mol. The Morgan fingerprint density at radius 2 is 2.16 bits per heavy atom. The lowest BCUT2D eigenvalue weighted by molar-refractivity contribution is 0.286. The maximum atomic E-state index is 6.10. The van der Waals surface area contributed by atoms with Crippen LogP contribution in [0.2, 0.25) is 0 Å². The average molecular weight is 337 g/mol. The van der Waals surface area contributed by atoms with Gasteiger partial charge in [-0.3, -0.25) is 0 Å². The summed E-state index contributed by atoms with van der Waals surface area (Å²) >= 11 is 0. The van der Waals surface area contributed by atoms with Gasteiger partial charge in [0.05, 0.1) is 6.04 Å². The maximum Gasteiger partial charge on any atom is 0.183 e. The van der Waals surface area contributed by atoms with Crippen LogP contribution in [0.3, 0.4) is 0 Å². The first kappa shape index (κ1) is 15.9. The zero-order valence-corrected chi connectivity index (χ0v) is 14.7. The van der Waals surface area contributed by atoms with E-state index in [1.165, 1.54) is 0 Å². The van der Waals surface area contributed by atoms with E-state index in [-0.39, 0.29) is 0 Å². The van der Waals surface area contributed by atoms with Crippen molar-refractivity contribution in [2.45, 2.75) is 39.2 Å². The molecule has 0 aliphatic carbocycles. The largest absolute Gasteiger partial charge is 0.491 e. The molecule has 130 valence electrons. The Morgan fingerprint density at radius 1 is 1.28 bits per heavy atom. The molecule has 0 amide bonds. The van der Waals surface area contributed by atoms with Crippen molar-refractivity contribution in [3.63, 3.8) is 0 Å². The molecule has 1 N–H and O–H groups in total. The summed E-state index contributed by atoms with van der Waals surface area (Å²) in [6.45, 7) is 5.80. The fraction of sp³-hybridized carbons (Fsp3) is 0.421. The Balaban J connectivity index is 1.57. The first-order valence-corrected chi connectivity index (χ1v) is 8.91. The minimum atomic E-state index is 0.311. The highest BCUT2D eigenvalue weighted by molar-refractivity contribution is 5.83. The number of nitrogens with zero attached hydrogens (tertiary/aromatic N) is 4. The van der Waals surface area contributed by atoms with Gasteiger partial charge in [0.15, 0.2) is 11.5 Å². The minimum absolute atomic E-state index is 0.311. The van der Waals surface area contributed by atoms with E-state index in [1.807, 2.05) is 18.2 Å². The third-order valence-corrected chi connectivity index (χ3v) is 4.83. The van der Waals surface area contributed by atoms with Gasteiger partial charge in [0, 0.05) is 13.0 Å². The van der Waals surface area contributed by atoms with Crippen molar-refractivity contribution < 1.29 is 4.74 Å². The number of imidazole rings is 1. The van der Waals surface area contributed by atoms with E-state index >= 15 is 0 Å². The lowest BCUT2D eigenvalue weighted by atomic mass is 10.2. The lowest BCUT2D eigenvalue weighted by Crippen LogP contribution is -2.35. The molecule has 6 nitrogen and oxygen atoms in total. The van der Waals surface area contributed by atoms with Gasteiger partial charge >= 0.3 is 0 Å². The Kier molecular flexibility index (Phi) is 4.26. The molecule has 0 bridgehead atoms. The van der Waals surface area contributed by atoms with Crippen molar-refractivity contribution in [3.8, 4) is 5.75 Å². The fourth-order valence-electron chi connectivity index (χ4n) is 3.44. The summed E-state index contributed by atoms with van der Waals surface area (Å²) in [5.74, 6) is 2.84. The number of hydrogen-bond acceptors (Lipinski definition) is 5. The topological polar surface area (TPSA) is 66.9 Å². The van der Waals surface area contributed by atoms with Crippen LogP contribution in [0.5, 0.6) is 5.75 Å². The third-order valence-electron chi connectivity index (χ3n) is 4.83. The SMILES string of the molecule is CCc1nc2ncnc(N3CCCC3COc3ccccc3C)c2[nH]1. The van der Waals surface area contributed by atoms with Gasteiger partial charge in [0.1, 0.15) is 30.0 Å². The van der Waals surface area contributed by atoms with E-state index in [1.54, 1.807) is 6.33 Å². The maximum absolute atomic E-state index is 6.10. The highest BCUT2D eigenvalue weighted by Crippen LogP contribution is 2.29. The highest BCUT2D eigenvalue weighted by atomic mass is 16.5. The molecule has 25 heavy (non-hydrogen) atoms. The van der Waals surface area contributed by atoms with Gasteiger partial charge < -0.3 is 14.6 Å². The van der Waals surface area contributed by atoms with E-state index in [0.717, 1.165) is 59.9 Å². The van der Waals surface area contributed by atoms with Gasteiger partial charge in [-0.2, -0.15) is 0 Å². The molecule has 3 aromatic rings. The van der Waals surface area contributed by atoms with Crippen LogP contribution < -0.4 is 9.64 Å². The van der Waals surface area contributed by atoms with Crippen molar-refractivity contribution in [1.82, 2.24) is 19.9 Å². The second-order valence-corrected chi connectivity index (χ2v) is 6.50. The molecule has 1 aromatic carbocycles. The summed E-state index contributed by atoms with van der Waals surface area (Å²) in [7, 11) is 0. The molecule has 0 radical (unpaired) electrons. The van der Waals surface area contributed by atoms with Crippen molar-refractivity contribution >= 4 is 17.0 Å². The molecule has 3 heterocycles. The minimum Gasteiger partial charge on any atom is -0.491 e.